The van der Waals surface area contributed by atoms with Crippen LogP contribution in [0.4, 0.5) is 0 Å². The van der Waals surface area contributed by atoms with Crippen LogP contribution in [-0.4, -0.2) is 39.9 Å². The van der Waals surface area contributed by atoms with Crippen molar-refractivity contribution >= 4 is 16.9 Å². The third kappa shape index (κ3) is 3.25. The number of rotatable bonds is 2. The summed E-state index contributed by atoms with van der Waals surface area (Å²) in [6, 6.07) is 4.12. The van der Waals surface area contributed by atoms with Crippen LogP contribution in [0, 0.1) is 12.3 Å². The number of amidine groups is 1. The second-order valence-corrected chi connectivity index (χ2v) is 7.81. The predicted octanol–water partition coefficient (Wildman–Crippen LogP) is 4.01. The molecule has 0 aliphatic carbocycles. The van der Waals surface area contributed by atoms with E-state index in [-0.39, 0.29) is 11.5 Å². The summed E-state index contributed by atoms with van der Waals surface area (Å²) in [5, 5.41) is 7.73. The molecule has 1 fully saturated rings. The normalized spacial score (nSPS) is 16.6. The first-order valence-corrected chi connectivity index (χ1v) is 8.72. The van der Waals surface area contributed by atoms with Crippen molar-refractivity contribution in [1.82, 2.24) is 14.9 Å². The molecule has 1 aromatic carbocycles. The minimum absolute atomic E-state index is 0.00390. The Bertz CT molecular complexity index is 749. The number of nitrogens with one attached hydrogen (secondary N) is 2. The van der Waals surface area contributed by atoms with E-state index >= 15 is 0 Å². The molecule has 0 radical (unpaired) electrons. The minimum Gasteiger partial charge on any atom is -0.490 e. The van der Waals surface area contributed by atoms with E-state index in [1.54, 1.807) is 0 Å². The van der Waals surface area contributed by atoms with E-state index in [4.69, 9.17) is 15.1 Å². The molecule has 0 spiro atoms. The van der Waals surface area contributed by atoms with E-state index in [1.807, 2.05) is 6.92 Å². The number of H-pyrrole nitrogens is 1. The summed E-state index contributed by atoms with van der Waals surface area (Å²) in [5.74, 6) is 2.59. The van der Waals surface area contributed by atoms with Gasteiger partial charge in [0.05, 0.1) is 16.9 Å². The van der Waals surface area contributed by atoms with Gasteiger partial charge in [0.15, 0.2) is 0 Å². The maximum atomic E-state index is 7.73. The zero-order valence-corrected chi connectivity index (χ0v) is 15.4. The number of likely N-dealkylation sites (tertiary alicyclic amines) is 1. The van der Waals surface area contributed by atoms with Gasteiger partial charge in [-0.3, -0.25) is 5.41 Å². The molecular weight excluding hydrogens is 300 g/mol. The van der Waals surface area contributed by atoms with Crippen molar-refractivity contribution in [3.63, 3.8) is 0 Å². The smallest absolute Gasteiger partial charge is 0.124 e. The molecule has 130 valence electrons. The molecule has 0 bridgehead atoms. The van der Waals surface area contributed by atoms with E-state index in [9.17, 15) is 0 Å². The highest BCUT2D eigenvalue weighted by atomic mass is 16.5. The number of ether oxygens (including phenoxy) is 1. The Kier molecular flexibility index (Phi) is 4.28. The van der Waals surface area contributed by atoms with E-state index in [0.717, 1.165) is 54.1 Å². The van der Waals surface area contributed by atoms with Crippen LogP contribution >= 0.6 is 0 Å². The Morgan fingerprint density at radius 3 is 2.54 bits per heavy atom. The van der Waals surface area contributed by atoms with Crippen LogP contribution in [0.25, 0.3) is 11.0 Å². The maximum absolute atomic E-state index is 7.73. The van der Waals surface area contributed by atoms with E-state index < -0.39 is 0 Å². The molecule has 0 atom stereocenters. The quantitative estimate of drug-likeness (QED) is 0.646. The molecule has 2 heterocycles. The number of benzene rings is 1. The van der Waals surface area contributed by atoms with Crippen LogP contribution in [0.2, 0.25) is 0 Å². The van der Waals surface area contributed by atoms with E-state index in [0.29, 0.717) is 5.84 Å². The second kappa shape index (κ2) is 6.11. The number of aryl methyl sites for hydroxylation is 1. The summed E-state index contributed by atoms with van der Waals surface area (Å²) >= 11 is 0. The molecule has 2 N–H and O–H groups in total. The molecule has 0 unspecified atom stereocenters. The molecule has 5 nitrogen and oxygen atoms in total. The molecule has 1 aromatic heterocycles. The number of fused-ring (bicyclic) bond motifs is 1. The summed E-state index contributed by atoms with van der Waals surface area (Å²) < 4.78 is 6.27. The van der Waals surface area contributed by atoms with Crippen LogP contribution in [0.15, 0.2) is 12.1 Å². The van der Waals surface area contributed by atoms with E-state index in [1.165, 1.54) is 0 Å². The Labute approximate surface area is 143 Å². The molecule has 3 rings (SSSR count). The lowest BCUT2D eigenvalue weighted by Gasteiger charge is -2.33. The molecule has 2 aromatic rings. The topological polar surface area (TPSA) is 65.0 Å². The Morgan fingerprint density at radius 1 is 1.29 bits per heavy atom. The number of nitrogens with zero attached hydrogens (tertiary/aromatic N) is 2. The predicted molar refractivity (Wildman–Crippen MR) is 98.2 cm³/mol. The molecule has 0 saturated carbocycles. The van der Waals surface area contributed by atoms with Crippen molar-refractivity contribution in [3.8, 4) is 5.75 Å². The van der Waals surface area contributed by atoms with Crippen LogP contribution in [0.1, 0.15) is 51.9 Å². The Hall–Kier alpha value is -2.04. The van der Waals surface area contributed by atoms with Crippen molar-refractivity contribution < 1.29 is 4.74 Å². The van der Waals surface area contributed by atoms with Crippen molar-refractivity contribution in [2.45, 2.75) is 59.0 Å². The summed E-state index contributed by atoms with van der Waals surface area (Å²) in [7, 11) is 0. The van der Waals surface area contributed by atoms with Gasteiger partial charge in [0, 0.05) is 36.9 Å². The zero-order valence-electron chi connectivity index (χ0n) is 15.4. The Morgan fingerprint density at radius 2 is 1.96 bits per heavy atom. The van der Waals surface area contributed by atoms with Gasteiger partial charge in [-0.2, -0.15) is 0 Å². The van der Waals surface area contributed by atoms with Gasteiger partial charge in [0.2, 0.25) is 0 Å². The average molecular weight is 328 g/mol. The van der Waals surface area contributed by atoms with Crippen molar-refractivity contribution in [1.29, 1.82) is 5.41 Å². The molecule has 1 aliphatic rings. The highest BCUT2D eigenvalue weighted by molar-refractivity contribution is 5.81. The highest BCUT2D eigenvalue weighted by Crippen LogP contribution is 2.30. The number of aromatic amines is 1. The first-order chi connectivity index (χ1) is 11.3. The minimum atomic E-state index is 0.00390. The largest absolute Gasteiger partial charge is 0.490 e. The van der Waals surface area contributed by atoms with E-state index in [2.05, 4.69) is 49.7 Å². The molecule has 1 aliphatic heterocycles. The van der Waals surface area contributed by atoms with Crippen molar-refractivity contribution in [3.05, 3.63) is 23.5 Å². The lowest BCUT2D eigenvalue weighted by Crippen LogP contribution is -2.40. The molecule has 1 saturated heterocycles. The van der Waals surface area contributed by atoms with Gasteiger partial charge in [-0.05, 0) is 26.0 Å². The standard InChI is InChI=1S/C19H28N4O/c1-12-16(24-14-8-10-23(11-9-14)13(2)20)7-6-15-17(12)22-18(21-15)19(3,4)5/h6-7,14,20H,8-11H2,1-5H3,(H,21,22). The third-order valence-electron chi connectivity index (χ3n) is 4.78. The fourth-order valence-corrected chi connectivity index (χ4v) is 3.17. The average Bonchev–Trinajstić information content (AvgIpc) is 2.96. The Balaban J connectivity index is 1.78. The fraction of sp³-hybridized carbons (Fsp3) is 0.579. The monoisotopic (exact) mass is 328 g/mol. The zero-order chi connectivity index (χ0) is 17.5. The van der Waals surface area contributed by atoms with Gasteiger partial charge in [-0.15, -0.1) is 0 Å². The molecule has 5 heteroatoms. The van der Waals surface area contributed by atoms with Gasteiger partial charge in [0.25, 0.3) is 0 Å². The first-order valence-electron chi connectivity index (χ1n) is 8.72. The maximum Gasteiger partial charge on any atom is 0.124 e. The first kappa shape index (κ1) is 16.8. The van der Waals surface area contributed by atoms with Gasteiger partial charge in [0.1, 0.15) is 17.7 Å². The number of hydrogen-bond acceptors (Lipinski definition) is 3. The summed E-state index contributed by atoms with van der Waals surface area (Å²) in [6.07, 6.45) is 2.14. The van der Waals surface area contributed by atoms with Crippen LogP contribution in [0.3, 0.4) is 0 Å². The summed E-state index contributed by atoms with van der Waals surface area (Å²) in [6.45, 7) is 12.2. The van der Waals surface area contributed by atoms with Gasteiger partial charge in [-0.25, -0.2) is 4.98 Å². The fourth-order valence-electron chi connectivity index (χ4n) is 3.17. The van der Waals surface area contributed by atoms with Gasteiger partial charge >= 0.3 is 0 Å². The van der Waals surface area contributed by atoms with Gasteiger partial charge < -0.3 is 14.6 Å². The van der Waals surface area contributed by atoms with Crippen molar-refractivity contribution in [2.75, 3.05) is 13.1 Å². The van der Waals surface area contributed by atoms with Crippen LogP contribution < -0.4 is 4.74 Å². The van der Waals surface area contributed by atoms with Crippen molar-refractivity contribution in [2.24, 2.45) is 0 Å². The molecular formula is C19H28N4O. The number of aromatic nitrogens is 2. The summed E-state index contributed by atoms with van der Waals surface area (Å²) in [5.41, 5.74) is 3.18. The van der Waals surface area contributed by atoms with Crippen LogP contribution in [-0.2, 0) is 5.41 Å². The number of piperidine rings is 1. The number of hydrogen-bond donors (Lipinski definition) is 2. The second-order valence-electron chi connectivity index (χ2n) is 7.81. The van der Waals surface area contributed by atoms with Gasteiger partial charge in [-0.1, -0.05) is 20.8 Å². The molecule has 24 heavy (non-hydrogen) atoms. The summed E-state index contributed by atoms with van der Waals surface area (Å²) in [4.78, 5) is 10.3. The van der Waals surface area contributed by atoms with Crippen LogP contribution in [0.5, 0.6) is 5.75 Å². The third-order valence-corrected chi connectivity index (χ3v) is 4.78. The molecule has 0 amide bonds. The lowest BCUT2D eigenvalue weighted by molar-refractivity contribution is 0.130. The SMILES string of the molecule is CC(=N)N1CCC(Oc2ccc3[nH]c(C(C)(C)C)nc3c2C)CC1. The highest BCUT2D eigenvalue weighted by Gasteiger charge is 2.23. The lowest BCUT2D eigenvalue weighted by atomic mass is 9.96. The number of imidazole rings is 1.